The van der Waals surface area contributed by atoms with Crippen LogP contribution in [0.1, 0.15) is 45.1 Å². The third-order valence-corrected chi connectivity index (χ3v) is 7.03. The minimum atomic E-state index is -1.14. The summed E-state index contributed by atoms with van der Waals surface area (Å²) in [5.41, 5.74) is 2.46. The fourth-order valence-electron chi connectivity index (χ4n) is 4.56. The second kappa shape index (κ2) is 17.5. The van der Waals surface area contributed by atoms with E-state index in [1.54, 1.807) is 19.9 Å². The molecule has 3 unspecified atom stereocenters. The van der Waals surface area contributed by atoms with E-state index in [9.17, 15) is 29.6 Å². The molecule has 0 bridgehead atoms. The minimum Gasteiger partial charge on any atom is -0.494 e. The average Bonchev–Trinajstić information content (AvgIpc) is 2.99. The molecule has 1 aromatic carbocycles. The van der Waals surface area contributed by atoms with Gasteiger partial charge in [0.1, 0.15) is 12.1 Å². The lowest BCUT2D eigenvalue weighted by Crippen LogP contribution is -2.56. The normalized spacial score (nSPS) is 16.6. The van der Waals surface area contributed by atoms with Crippen LogP contribution >= 0.6 is 0 Å². The molecular formula is C30H41N3O10. The molecule has 1 aliphatic heterocycles. The number of aryl methyl sites for hydroxylation is 1. The largest absolute Gasteiger partial charge is 0.494 e. The monoisotopic (exact) mass is 603 g/mol. The Hall–Kier alpha value is -4.39. The van der Waals surface area contributed by atoms with Crippen LogP contribution in [0.2, 0.25) is 0 Å². The molecule has 236 valence electrons. The molecular weight excluding hydrogens is 562 g/mol. The Kier molecular flexibility index (Phi) is 14.2. The van der Waals surface area contributed by atoms with E-state index in [1.165, 1.54) is 19.1 Å². The van der Waals surface area contributed by atoms with Crippen molar-refractivity contribution in [2.24, 2.45) is 0 Å². The molecule has 0 fully saturated rings. The Bertz CT molecular complexity index is 1200. The summed E-state index contributed by atoms with van der Waals surface area (Å²) in [6.07, 6.45) is 3.30. The first-order valence-corrected chi connectivity index (χ1v) is 13.9. The number of esters is 1. The van der Waals surface area contributed by atoms with Crippen LogP contribution in [0.4, 0.5) is 0 Å². The lowest BCUT2D eigenvalue weighted by molar-refractivity contribution is -0.757. The van der Waals surface area contributed by atoms with Gasteiger partial charge in [-0.15, -0.1) is 10.1 Å². The van der Waals surface area contributed by atoms with Crippen molar-refractivity contribution in [2.75, 3.05) is 34.0 Å². The van der Waals surface area contributed by atoms with E-state index in [4.69, 9.17) is 14.2 Å². The SMILES string of the molecule is C=C(OC)/C(=C\C1=C(C)CC(C(=O)O)N(C(=O)C(C)NC(CCc2ccccc2)C(=O)OCCCCO[N+](=O)[O-])C1)OC. The van der Waals surface area contributed by atoms with E-state index in [0.29, 0.717) is 37.0 Å². The van der Waals surface area contributed by atoms with Gasteiger partial charge in [0.15, 0.2) is 11.5 Å². The van der Waals surface area contributed by atoms with Crippen molar-refractivity contribution in [2.45, 2.75) is 64.1 Å². The average molecular weight is 604 g/mol. The van der Waals surface area contributed by atoms with Gasteiger partial charge in [0.05, 0.1) is 33.5 Å². The van der Waals surface area contributed by atoms with Gasteiger partial charge in [-0.1, -0.05) is 42.5 Å². The highest BCUT2D eigenvalue weighted by Gasteiger charge is 2.37. The molecule has 1 aromatic rings. The van der Waals surface area contributed by atoms with Crippen LogP contribution in [0.3, 0.4) is 0 Å². The summed E-state index contributed by atoms with van der Waals surface area (Å²) in [5.74, 6) is -1.59. The predicted molar refractivity (Wildman–Crippen MR) is 156 cm³/mol. The maximum Gasteiger partial charge on any atom is 0.326 e. The molecule has 1 heterocycles. The Morgan fingerprint density at radius 1 is 1.19 bits per heavy atom. The summed E-state index contributed by atoms with van der Waals surface area (Å²) in [6, 6.07) is 6.61. The molecule has 0 aromatic heterocycles. The summed E-state index contributed by atoms with van der Waals surface area (Å²) in [7, 11) is 2.91. The number of rotatable bonds is 18. The second-order valence-corrected chi connectivity index (χ2v) is 10.1. The zero-order chi connectivity index (χ0) is 31.9. The van der Waals surface area contributed by atoms with Crippen molar-refractivity contribution in [3.63, 3.8) is 0 Å². The number of carboxylic acid groups (broad SMARTS) is 1. The first-order valence-electron chi connectivity index (χ1n) is 13.9. The van der Waals surface area contributed by atoms with E-state index < -0.39 is 41.1 Å². The van der Waals surface area contributed by atoms with Gasteiger partial charge in [-0.25, -0.2) is 4.79 Å². The first-order chi connectivity index (χ1) is 20.5. The number of amides is 1. The lowest BCUT2D eigenvalue weighted by Gasteiger charge is -2.37. The quantitative estimate of drug-likeness (QED) is 0.0632. The van der Waals surface area contributed by atoms with Crippen LogP contribution in [-0.2, 0) is 39.9 Å². The molecule has 3 atom stereocenters. The topological polar surface area (TPSA) is 167 Å². The lowest BCUT2D eigenvalue weighted by atomic mass is 9.93. The van der Waals surface area contributed by atoms with Crippen molar-refractivity contribution in [3.8, 4) is 0 Å². The summed E-state index contributed by atoms with van der Waals surface area (Å²) in [4.78, 5) is 54.7. The van der Waals surface area contributed by atoms with Gasteiger partial charge in [0, 0.05) is 6.54 Å². The van der Waals surface area contributed by atoms with Crippen LogP contribution < -0.4 is 5.32 Å². The van der Waals surface area contributed by atoms with Crippen molar-refractivity contribution < 1.29 is 43.6 Å². The highest BCUT2D eigenvalue weighted by molar-refractivity contribution is 5.88. The Balaban J connectivity index is 2.19. The molecule has 0 aliphatic carbocycles. The molecule has 0 radical (unpaired) electrons. The number of carboxylic acids is 1. The van der Waals surface area contributed by atoms with Crippen LogP contribution in [-0.4, -0.2) is 85.0 Å². The van der Waals surface area contributed by atoms with Gasteiger partial charge in [0.25, 0.3) is 5.09 Å². The van der Waals surface area contributed by atoms with E-state index in [-0.39, 0.29) is 31.9 Å². The molecule has 1 aliphatic rings. The molecule has 43 heavy (non-hydrogen) atoms. The molecule has 2 rings (SSSR count). The standard InChI is InChI=1S/C30H41N3O10/c1-20-17-26(29(35)36)32(19-24(20)18-27(41-5)22(3)40-4)28(34)21(2)31-25(14-13-23-11-7-6-8-12-23)30(37)42-15-9-10-16-43-33(38)39/h6-8,11-12,18,21,25-26,31H,3,9-10,13-17,19H2,1-2,4-5H3,(H,35,36)/b27-18+. The Morgan fingerprint density at radius 2 is 1.86 bits per heavy atom. The molecule has 0 saturated heterocycles. The van der Waals surface area contributed by atoms with Crippen LogP contribution in [0.15, 0.2) is 65.7 Å². The van der Waals surface area contributed by atoms with Crippen molar-refractivity contribution in [1.82, 2.24) is 10.2 Å². The number of carbonyl (C=O) groups is 3. The van der Waals surface area contributed by atoms with Crippen LogP contribution in [0.25, 0.3) is 0 Å². The minimum absolute atomic E-state index is 0.00283. The molecule has 13 heteroatoms. The number of nitrogens with one attached hydrogen (secondary N) is 1. The Labute approximate surface area is 251 Å². The summed E-state index contributed by atoms with van der Waals surface area (Å²) >= 11 is 0. The predicted octanol–water partition coefficient (Wildman–Crippen LogP) is 3.19. The summed E-state index contributed by atoms with van der Waals surface area (Å²) < 4.78 is 15.9. The number of benzene rings is 1. The number of hydrogen-bond donors (Lipinski definition) is 2. The number of ether oxygens (including phenoxy) is 3. The van der Waals surface area contributed by atoms with Gasteiger partial charge in [-0.2, -0.15) is 0 Å². The summed E-state index contributed by atoms with van der Waals surface area (Å²) in [6.45, 7) is 7.08. The highest BCUT2D eigenvalue weighted by atomic mass is 16.9. The molecule has 2 N–H and O–H groups in total. The van der Waals surface area contributed by atoms with Crippen molar-refractivity contribution >= 4 is 17.8 Å². The van der Waals surface area contributed by atoms with E-state index in [2.05, 4.69) is 16.7 Å². The fourth-order valence-corrected chi connectivity index (χ4v) is 4.56. The number of hydrogen-bond acceptors (Lipinski definition) is 10. The number of methoxy groups -OCH3 is 2. The molecule has 1 amide bonds. The van der Waals surface area contributed by atoms with Gasteiger partial charge in [-0.05, 0) is 63.2 Å². The van der Waals surface area contributed by atoms with Gasteiger partial charge < -0.3 is 29.1 Å². The van der Waals surface area contributed by atoms with Crippen LogP contribution in [0.5, 0.6) is 0 Å². The number of aliphatic carboxylic acids is 1. The van der Waals surface area contributed by atoms with E-state index >= 15 is 0 Å². The molecule has 0 spiro atoms. The van der Waals surface area contributed by atoms with Gasteiger partial charge >= 0.3 is 11.9 Å². The second-order valence-electron chi connectivity index (χ2n) is 10.1. The Morgan fingerprint density at radius 3 is 2.47 bits per heavy atom. The molecule has 13 nitrogen and oxygen atoms in total. The third kappa shape index (κ3) is 11.1. The maximum atomic E-state index is 13.7. The number of carbonyl (C=O) groups excluding carboxylic acids is 2. The first kappa shape index (κ1) is 34.8. The van der Waals surface area contributed by atoms with Crippen molar-refractivity contribution in [1.29, 1.82) is 0 Å². The molecule has 0 saturated carbocycles. The zero-order valence-corrected chi connectivity index (χ0v) is 25.1. The number of nitrogens with zero attached hydrogens (tertiary/aromatic N) is 2. The van der Waals surface area contributed by atoms with Crippen molar-refractivity contribution in [3.05, 3.63) is 81.3 Å². The zero-order valence-electron chi connectivity index (χ0n) is 25.1. The summed E-state index contributed by atoms with van der Waals surface area (Å²) in [5, 5.41) is 22.4. The fraction of sp³-hybridized carbons (Fsp3) is 0.500. The van der Waals surface area contributed by atoms with E-state index in [1.807, 2.05) is 30.3 Å². The highest BCUT2D eigenvalue weighted by Crippen LogP contribution is 2.27. The maximum absolute atomic E-state index is 13.7. The van der Waals surface area contributed by atoms with Crippen LogP contribution in [0, 0.1) is 10.1 Å². The third-order valence-electron chi connectivity index (χ3n) is 7.03. The van der Waals surface area contributed by atoms with E-state index in [0.717, 1.165) is 11.1 Å². The smallest absolute Gasteiger partial charge is 0.326 e. The van der Waals surface area contributed by atoms with Gasteiger partial charge in [0.2, 0.25) is 5.91 Å². The number of unbranched alkanes of at least 4 members (excludes halogenated alkanes) is 1. The van der Waals surface area contributed by atoms with Gasteiger partial charge in [-0.3, -0.25) is 14.9 Å².